The van der Waals surface area contributed by atoms with Crippen LogP contribution in [-0.4, -0.2) is 46.8 Å². The molecule has 0 spiro atoms. The molecule has 0 fully saturated rings. The van der Waals surface area contributed by atoms with Crippen LogP contribution in [0.2, 0.25) is 0 Å². The monoisotopic (exact) mass is 546 g/mol. The summed E-state index contributed by atoms with van der Waals surface area (Å²) in [6.07, 6.45) is -0.935. The molecule has 2 rings (SSSR count). The van der Waals surface area contributed by atoms with Crippen molar-refractivity contribution in [1.29, 1.82) is 0 Å². The topological polar surface area (TPSA) is 65.0 Å². The molecule has 30 heavy (non-hydrogen) atoms. The van der Waals surface area contributed by atoms with E-state index in [1.807, 2.05) is 48.5 Å². The molecule has 0 radical (unpaired) electrons. The maximum atomic E-state index is 11.1. The third-order valence-electron chi connectivity index (χ3n) is 4.71. The number of rotatable bonds is 11. The van der Waals surface area contributed by atoms with Crippen LogP contribution in [0.4, 0.5) is 0 Å². The Bertz CT molecular complexity index is 792. The molecule has 0 unspecified atom stereocenters. The highest BCUT2D eigenvalue weighted by Gasteiger charge is 2.23. The van der Waals surface area contributed by atoms with Crippen LogP contribution in [0.15, 0.2) is 48.5 Å². The van der Waals surface area contributed by atoms with E-state index in [1.165, 1.54) is 6.92 Å². The molecule has 2 atom stereocenters. The molecular formula is C23H28ClIO5. The second-order valence-electron chi connectivity index (χ2n) is 7.49. The smallest absolute Gasteiger partial charge is 0.303 e. The Hall–Kier alpha value is -1.51. The van der Waals surface area contributed by atoms with Gasteiger partial charge in [-0.1, -0.05) is 60.7 Å². The maximum absolute atomic E-state index is 11.1. The molecular weight excluding hydrogens is 519 g/mol. The average molecular weight is 547 g/mol. The molecule has 0 heterocycles. The number of ether oxygens (including phenoxy) is 3. The molecule has 0 aliphatic rings. The lowest BCUT2D eigenvalue weighted by molar-refractivity contribution is -0.146. The number of halogens is 2. The van der Waals surface area contributed by atoms with Gasteiger partial charge in [-0.2, -0.15) is 0 Å². The molecule has 5 nitrogen and oxygen atoms in total. The van der Waals surface area contributed by atoms with Crippen molar-refractivity contribution >= 4 is 40.2 Å². The minimum absolute atomic E-state index is 0.182. The van der Waals surface area contributed by atoms with Gasteiger partial charge in [-0.25, -0.2) is 0 Å². The zero-order valence-corrected chi connectivity index (χ0v) is 20.4. The summed E-state index contributed by atoms with van der Waals surface area (Å²) in [5.74, 6) is 1.23. The van der Waals surface area contributed by atoms with Crippen molar-refractivity contribution in [2.75, 3.05) is 23.5 Å². The van der Waals surface area contributed by atoms with E-state index in [4.69, 9.17) is 25.8 Å². The van der Waals surface area contributed by atoms with Crippen LogP contribution in [0.25, 0.3) is 0 Å². The summed E-state index contributed by atoms with van der Waals surface area (Å²) in [6.45, 7) is 6.16. The Kier molecular flexibility index (Phi) is 9.71. The Morgan fingerprint density at radius 3 is 1.87 bits per heavy atom. The molecule has 0 saturated heterocycles. The maximum Gasteiger partial charge on any atom is 0.303 e. The number of esters is 1. The van der Waals surface area contributed by atoms with E-state index >= 15 is 0 Å². The van der Waals surface area contributed by atoms with Crippen molar-refractivity contribution in [2.45, 2.75) is 38.4 Å². The number of carbonyl (C=O) groups excluding carboxylic acids is 1. The van der Waals surface area contributed by atoms with Crippen LogP contribution in [0, 0.1) is 0 Å². The zero-order valence-electron chi connectivity index (χ0n) is 17.4. The SMILES string of the molecule is CC(=O)O[C@H](CCl)COc1ccc(C(C)(C)c2ccc(OC[C@@H](O)CI)cc2)cc1. The number of hydrogen-bond acceptors (Lipinski definition) is 5. The number of carbonyl (C=O) groups is 1. The highest BCUT2D eigenvalue weighted by molar-refractivity contribution is 14.1. The fraction of sp³-hybridized carbons (Fsp3) is 0.435. The molecule has 0 aliphatic heterocycles. The molecule has 0 amide bonds. The van der Waals surface area contributed by atoms with Crippen LogP contribution in [0.5, 0.6) is 11.5 Å². The standard InChI is InChI=1S/C23H28ClIO5/c1-16(26)30-22(12-24)15-29-21-10-6-18(7-11-21)23(2,3)17-4-8-20(9-5-17)28-14-19(27)13-25/h4-11,19,22,27H,12-15H2,1-3H3/t19-,22+/m0/s1. The fourth-order valence-electron chi connectivity index (χ4n) is 2.87. The highest BCUT2D eigenvalue weighted by Crippen LogP contribution is 2.33. The van der Waals surface area contributed by atoms with E-state index in [-0.39, 0.29) is 30.5 Å². The summed E-state index contributed by atoms with van der Waals surface area (Å²) in [6, 6.07) is 15.8. The van der Waals surface area contributed by atoms with Crippen LogP contribution >= 0.6 is 34.2 Å². The summed E-state index contributed by atoms with van der Waals surface area (Å²) >= 11 is 7.94. The normalized spacial score (nSPS) is 13.4. The summed E-state index contributed by atoms with van der Waals surface area (Å²) in [7, 11) is 0. The van der Waals surface area contributed by atoms with Gasteiger partial charge >= 0.3 is 5.97 Å². The Morgan fingerprint density at radius 1 is 1.00 bits per heavy atom. The Balaban J connectivity index is 2.01. The number of benzene rings is 2. The molecule has 0 bridgehead atoms. The molecule has 7 heteroatoms. The van der Waals surface area contributed by atoms with E-state index < -0.39 is 12.2 Å². The lowest BCUT2D eigenvalue weighted by Gasteiger charge is -2.26. The third kappa shape index (κ3) is 7.32. The van der Waals surface area contributed by atoms with Gasteiger partial charge in [0.2, 0.25) is 0 Å². The lowest BCUT2D eigenvalue weighted by atomic mass is 9.78. The Labute approximate surface area is 196 Å². The van der Waals surface area contributed by atoms with Crippen molar-refractivity contribution in [1.82, 2.24) is 0 Å². The van der Waals surface area contributed by atoms with Crippen LogP contribution in [-0.2, 0) is 14.9 Å². The predicted molar refractivity (Wildman–Crippen MR) is 127 cm³/mol. The van der Waals surface area contributed by atoms with Gasteiger partial charge in [0.05, 0.1) is 12.0 Å². The van der Waals surface area contributed by atoms with Gasteiger partial charge in [0.1, 0.15) is 30.8 Å². The van der Waals surface area contributed by atoms with E-state index in [1.54, 1.807) is 0 Å². The number of aliphatic hydroxyl groups is 1. The summed E-state index contributed by atoms with van der Waals surface area (Å²) in [5, 5.41) is 9.62. The van der Waals surface area contributed by atoms with Gasteiger partial charge in [0, 0.05) is 16.8 Å². The van der Waals surface area contributed by atoms with Gasteiger partial charge in [0.15, 0.2) is 0 Å². The molecule has 0 saturated carbocycles. The van der Waals surface area contributed by atoms with E-state index in [9.17, 15) is 9.90 Å². The quantitative estimate of drug-likeness (QED) is 0.251. The molecule has 0 aliphatic carbocycles. The van der Waals surface area contributed by atoms with E-state index in [0.29, 0.717) is 10.2 Å². The summed E-state index contributed by atoms with van der Waals surface area (Å²) < 4.78 is 17.0. The van der Waals surface area contributed by atoms with Crippen molar-refractivity contribution in [3.8, 4) is 11.5 Å². The van der Waals surface area contributed by atoms with Gasteiger partial charge in [0.25, 0.3) is 0 Å². The largest absolute Gasteiger partial charge is 0.491 e. The average Bonchev–Trinajstić information content (AvgIpc) is 2.75. The first kappa shape index (κ1) is 24.8. The zero-order chi connectivity index (χ0) is 22.1. The van der Waals surface area contributed by atoms with Gasteiger partial charge < -0.3 is 19.3 Å². The second kappa shape index (κ2) is 11.8. The molecule has 1 N–H and O–H groups in total. The summed E-state index contributed by atoms with van der Waals surface area (Å²) in [4.78, 5) is 11.1. The van der Waals surface area contributed by atoms with Crippen LogP contribution in [0.1, 0.15) is 31.9 Å². The molecule has 2 aromatic rings. The third-order valence-corrected chi connectivity index (χ3v) is 6.07. The van der Waals surface area contributed by atoms with E-state index in [0.717, 1.165) is 16.9 Å². The van der Waals surface area contributed by atoms with Crippen molar-refractivity contribution in [3.05, 3.63) is 59.7 Å². The number of alkyl halides is 2. The van der Waals surface area contributed by atoms with Crippen molar-refractivity contribution in [3.63, 3.8) is 0 Å². The second-order valence-corrected chi connectivity index (χ2v) is 8.68. The number of hydrogen-bond donors (Lipinski definition) is 1. The summed E-state index contributed by atoms with van der Waals surface area (Å²) in [5.41, 5.74) is 2.07. The minimum Gasteiger partial charge on any atom is -0.491 e. The van der Waals surface area contributed by atoms with Gasteiger partial charge in [-0.15, -0.1) is 11.6 Å². The van der Waals surface area contributed by atoms with Crippen LogP contribution < -0.4 is 9.47 Å². The highest BCUT2D eigenvalue weighted by atomic mass is 127. The Morgan fingerprint density at radius 2 is 1.47 bits per heavy atom. The van der Waals surface area contributed by atoms with Crippen molar-refractivity contribution in [2.24, 2.45) is 0 Å². The first-order valence-corrected chi connectivity index (χ1v) is 11.8. The molecule has 2 aromatic carbocycles. The molecule has 164 valence electrons. The predicted octanol–water partition coefficient (Wildman–Crippen LogP) is 4.74. The van der Waals surface area contributed by atoms with Crippen LogP contribution in [0.3, 0.4) is 0 Å². The lowest BCUT2D eigenvalue weighted by Crippen LogP contribution is -2.25. The van der Waals surface area contributed by atoms with E-state index in [2.05, 4.69) is 36.4 Å². The molecule has 0 aromatic heterocycles. The number of aliphatic hydroxyl groups excluding tert-OH is 1. The minimum atomic E-state index is -0.473. The first-order chi connectivity index (χ1) is 14.3. The van der Waals surface area contributed by atoms with Crippen molar-refractivity contribution < 1.29 is 24.1 Å². The fourth-order valence-corrected chi connectivity index (χ4v) is 3.28. The first-order valence-electron chi connectivity index (χ1n) is 9.70. The van der Waals surface area contributed by atoms with Gasteiger partial charge in [-0.05, 0) is 35.4 Å². The van der Waals surface area contributed by atoms with Gasteiger partial charge in [-0.3, -0.25) is 4.79 Å².